The van der Waals surface area contributed by atoms with Crippen molar-refractivity contribution in [2.75, 3.05) is 0 Å². The predicted molar refractivity (Wildman–Crippen MR) is 80.1 cm³/mol. The average Bonchev–Trinajstić information content (AvgIpc) is 3.05. The first kappa shape index (κ1) is 18.5. The summed E-state index contributed by atoms with van der Waals surface area (Å²) in [5.41, 5.74) is 0.519. The molecule has 2 aromatic carbocycles. The largest absolute Gasteiger partial charge is 1.00 e. The molecule has 1 heterocycles. The van der Waals surface area contributed by atoms with E-state index in [-0.39, 0.29) is 53.4 Å². The quantitative estimate of drug-likeness (QED) is 0.357. The third-order valence-electron chi connectivity index (χ3n) is 3.50. The molecule has 3 aromatic rings. The number of hydrogen-bond donors (Lipinski definition) is 0. The number of nitro groups is 2. The number of aromatic nitrogens is 2. The molecule has 0 saturated carbocycles. The van der Waals surface area contributed by atoms with Crippen LogP contribution >= 0.6 is 0 Å². The SMILES string of the molecule is N#CC(c1ccc([N+](=O)[O-])cc1)c1ccc([N+](=O)[O-])c2nonc12.[H-].[Na+]. The molecule has 0 amide bonds. The summed E-state index contributed by atoms with van der Waals surface area (Å²) < 4.78 is 4.57. The first-order valence-electron chi connectivity index (χ1n) is 6.56. The average molecular weight is 349 g/mol. The summed E-state index contributed by atoms with van der Waals surface area (Å²) in [6.45, 7) is 0. The van der Waals surface area contributed by atoms with E-state index in [0.29, 0.717) is 11.1 Å². The maximum Gasteiger partial charge on any atom is 1.00 e. The van der Waals surface area contributed by atoms with Crippen LogP contribution in [-0.4, -0.2) is 20.2 Å². The Morgan fingerprint density at radius 1 is 1.04 bits per heavy atom. The van der Waals surface area contributed by atoms with Crippen molar-refractivity contribution < 1.29 is 45.5 Å². The Morgan fingerprint density at radius 2 is 1.68 bits per heavy atom. The van der Waals surface area contributed by atoms with Gasteiger partial charge in [-0.15, -0.1) is 0 Å². The van der Waals surface area contributed by atoms with Gasteiger partial charge in [-0.05, 0) is 21.9 Å². The minimum atomic E-state index is -0.832. The summed E-state index contributed by atoms with van der Waals surface area (Å²) in [6, 6.07) is 10.2. The minimum Gasteiger partial charge on any atom is -1.00 e. The van der Waals surface area contributed by atoms with E-state index in [1.165, 1.54) is 36.4 Å². The second kappa shape index (κ2) is 7.35. The van der Waals surface area contributed by atoms with Gasteiger partial charge in [0.25, 0.3) is 5.69 Å². The van der Waals surface area contributed by atoms with Gasteiger partial charge in [-0.3, -0.25) is 20.2 Å². The van der Waals surface area contributed by atoms with E-state index in [0.717, 1.165) is 0 Å². The van der Waals surface area contributed by atoms with Crippen LogP contribution in [0.5, 0.6) is 0 Å². The normalized spacial score (nSPS) is 11.3. The second-order valence-electron chi connectivity index (χ2n) is 4.80. The van der Waals surface area contributed by atoms with Crippen LogP contribution in [0.3, 0.4) is 0 Å². The fraction of sp³-hybridized carbons (Fsp3) is 0.0714. The molecule has 1 unspecified atom stereocenters. The van der Waals surface area contributed by atoms with Crippen LogP contribution in [0.4, 0.5) is 11.4 Å². The molecule has 0 N–H and O–H groups in total. The van der Waals surface area contributed by atoms with Crippen molar-refractivity contribution in [3.05, 3.63) is 67.8 Å². The molecule has 0 fully saturated rings. The molecule has 0 radical (unpaired) electrons. The van der Waals surface area contributed by atoms with Crippen LogP contribution in [0.15, 0.2) is 41.0 Å². The van der Waals surface area contributed by atoms with Crippen LogP contribution < -0.4 is 29.6 Å². The fourth-order valence-electron chi connectivity index (χ4n) is 2.37. The van der Waals surface area contributed by atoms with E-state index in [1.54, 1.807) is 0 Å². The van der Waals surface area contributed by atoms with Crippen molar-refractivity contribution in [2.45, 2.75) is 5.92 Å². The summed E-state index contributed by atoms with van der Waals surface area (Å²) in [6.07, 6.45) is 0. The van der Waals surface area contributed by atoms with Gasteiger partial charge in [-0.25, -0.2) is 4.63 Å². The van der Waals surface area contributed by atoms with Crippen molar-refractivity contribution in [2.24, 2.45) is 0 Å². The van der Waals surface area contributed by atoms with Crippen LogP contribution in [-0.2, 0) is 0 Å². The van der Waals surface area contributed by atoms with Gasteiger partial charge in [0.1, 0.15) is 5.52 Å². The summed E-state index contributed by atoms with van der Waals surface area (Å²) >= 11 is 0. The Labute approximate surface area is 163 Å². The predicted octanol–water partition coefficient (Wildman–Crippen LogP) is -0.189. The van der Waals surface area contributed by atoms with Gasteiger partial charge in [0.2, 0.25) is 5.52 Å². The molecule has 10 nitrogen and oxygen atoms in total. The Bertz CT molecular complexity index is 1000. The summed E-state index contributed by atoms with van der Waals surface area (Å²) in [7, 11) is 0. The van der Waals surface area contributed by atoms with Crippen LogP contribution in [0.1, 0.15) is 18.5 Å². The van der Waals surface area contributed by atoms with Gasteiger partial charge in [0.05, 0.1) is 21.8 Å². The number of hydrogen-bond acceptors (Lipinski definition) is 8. The molecule has 0 saturated heterocycles. The third kappa shape index (κ3) is 3.34. The molecule has 1 atom stereocenters. The molecule has 0 aliphatic carbocycles. The zero-order valence-corrected chi connectivity index (χ0v) is 14.8. The number of nitrogens with zero attached hydrogens (tertiary/aromatic N) is 5. The fourth-order valence-corrected chi connectivity index (χ4v) is 2.37. The van der Waals surface area contributed by atoms with Gasteiger partial charge in [-0.2, -0.15) is 5.26 Å². The van der Waals surface area contributed by atoms with Crippen molar-refractivity contribution in [1.82, 2.24) is 10.3 Å². The Hall–Kier alpha value is -2.87. The van der Waals surface area contributed by atoms with Gasteiger partial charge >= 0.3 is 35.2 Å². The van der Waals surface area contributed by atoms with Crippen molar-refractivity contribution >= 4 is 22.4 Å². The molecule has 120 valence electrons. The van der Waals surface area contributed by atoms with Crippen LogP contribution in [0.25, 0.3) is 11.0 Å². The molecule has 25 heavy (non-hydrogen) atoms. The number of fused-ring (bicyclic) bond motifs is 1. The van der Waals surface area contributed by atoms with Gasteiger partial charge in [0.15, 0.2) is 0 Å². The minimum absolute atomic E-state index is 0. The van der Waals surface area contributed by atoms with E-state index in [1.807, 2.05) is 0 Å². The van der Waals surface area contributed by atoms with Crippen LogP contribution in [0, 0.1) is 31.6 Å². The number of non-ortho nitro benzene ring substituents is 2. The molecule has 0 aliphatic heterocycles. The Balaban J connectivity index is 0.00000169. The number of nitriles is 1. The smallest absolute Gasteiger partial charge is 1.00 e. The molecule has 11 heteroatoms. The van der Waals surface area contributed by atoms with Crippen molar-refractivity contribution in [3.63, 3.8) is 0 Å². The van der Waals surface area contributed by atoms with Gasteiger partial charge in [0, 0.05) is 23.8 Å². The molecular formula is C14H8N5NaO5. The van der Waals surface area contributed by atoms with Gasteiger partial charge < -0.3 is 1.43 Å². The summed E-state index contributed by atoms with van der Waals surface area (Å²) in [5, 5.41) is 38.4. The van der Waals surface area contributed by atoms with E-state index < -0.39 is 15.8 Å². The molecule has 0 spiro atoms. The molecule has 0 bridgehead atoms. The number of rotatable bonds is 4. The molecular weight excluding hydrogens is 341 g/mol. The van der Waals surface area contributed by atoms with Gasteiger partial charge in [-0.1, -0.05) is 12.1 Å². The zero-order chi connectivity index (χ0) is 17.3. The molecule has 3 rings (SSSR count). The third-order valence-corrected chi connectivity index (χ3v) is 3.50. The number of benzene rings is 2. The van der Waals surface area contributed by atoms with E-state index in [2.05, 4.69) is 21.0 Å². The number of nitro benzene ring substituents is 2. The first-order valence-corrected chi connectivity index (χ1v) is 6.56. The molecule has 1 aromatic heterocycles. The standard InChI is InChI=1S/C14H7N5O5.Na.H/c15-7-11(8-1-3-9(4-2-8)18(20)21)10-5-6-12(19(22)23)14-13(10)16-24-17-14;;/h1-6,11H;;/q;+1;-1. The monoisotopic (exact) mass is 349 g/mol. The maximum atomic E-state index is 11.0. The van der Waals surface area contributed by atoms with Crippen molar-refractivity contribution in [3.8, 4) is 6.07 Å². The zero-order valence-electron chi connectivity index (χ0n) is 13.8. The van der Waals surface area contributed by atoms with E-state index in [4.69, 9.17) is 0 Å². The Kier molecular flexibility index (Phi) is 5.43. The molecule has 0 aliphatic rings. The Morgan fingerprint density at radius 3 is 2.24 bits per heavy atom. The topological polar surface area (TPSA) is 149 Å². The summed E-state index contributed by atoms with van der Waals surface area (Å²) in [5.74, 6) is -0.832. The maximum absolute atomic E-state index is 11.0. The van der Waals surface area contributed by atoms with E-state index >= 15 is 0 Å². The van der Waals surface area contributed by atoms with E-state index in [9.17, 15) is 25.5 Å². The van der Waals surface area contributed by atoms with Crippen LogP contribution in [0.2, 0.25) is 0 Å². The second-order valence-corrected chi connectivity index (χ2v) is 4.80. The first-order chi connectivity index (χ1) is 11.5. The van der Waals surface area contributed by atoms with Crippen molar-refractivity contribution in [1.29, 1.82) is 5.26 Å². The summed E-state index contributed by atoms with van der Waals surface area (Å²) in [4.78, 5) is 20.5.